The fourth-order valence-electron chi connectivity index (χ4n) is 3.57. The molecule has 0 bridgehead atoms. The Hall–Kier alpha value is -2.83. The number of alkyl halides is 5. The van der Waals surface area contributed by atoms with Crippen molar-refractivity contribution in [1.29, 1.82) is 0 Å². The molecule has 1 N–H and O–H groups in total. The summed E-state index contributed by atoms with van der Waals surface area (Å²) in [5.41, 5.74) is -4.01. The van der Waals surface area contributed by atoms with E-state index in [-0.39, 0.29) is 22.2 Å². The van der Waals surface area contributed by atoms with E-state index in [0.29, 0.717) is 0 Å². The molecule has 7 nitrogen and oxygen atoms in total. The monoisotopic (exact) mass is 542 g/mol. The first kappa shape index (κ1) is 26.8. The molecule has 2 aromatic carbocycles. The molecule has 0 radical (unpaired) electrons. The lowest BCUT2D eigenvalue weighted by Gasteiger charge is -2.31. The quantitative estimate of drug-likeness (QED) is 0.180. The van der Waals surface area contributed by atoms with Crippen LogP contribution < -0.4 is 4.74 Å². The number of benzene rings is 2. The van der Waals surface area contributed by atoms with Gasteiger partial charge in [-0.15, -0.1) is 0 Å². The lowest BCUT2D eigenvalue weighted by atomic mass is 9.85. The Bertz CT molecular complexity index is 1100. The van der Waals surface area contributed by atoms with Crippen molar-refractivity contribution >= 4 is 35.5 Å². The first-order valence-electron chi connectivity index (χ1n) is 9.86. The summed E-state index contributed by atoms with van der Waals surface area (Å²) in [5.74, 6) is -2.30. The smallest absolute Gasteiger partial charge is 0.424 e. The summed E-state index contributed by atoms with van der Waals surface area (Å²) in [4.78, 5) is 21.6. The first-order valence-corrected chi connectivity index (χ1v) is 10.6. The Labute approximate surface area is 205 Å². The molecule has 1 aliphatic heterocycles. The average Bonchev–Trinajstić information content (AvgIpc) is 3.14. The fraction of sp³-hybridized carbons (Fsp3) is 0.333. The van der Waals surface area contributed by atoms with Crippen LogP contribution in [0.5, 0.6) is 5.75 Å². The van der Waals surface area contributed by atoms with Gasteiger partial charge in [-0.3, -0.25) is 4.84 Å². The SMILES string of the molecule is CCON=CN1OC(c2cc(Cl)cc(Cl)c2)(C(F)(F)F)CC1c1ccc(C(=O)O)c(OC(F)F)c1. The summed E-state index contributed by atoms with van der Waals surface area (Å²) in [7, 11) is 0. The van der Waals surface area contributed by atoms with E-state index in [1.165, 1.54) is 6.07 Å². The van der Waals surface area contributed by atoms with Crippen LogP contribution in [0.1, 0.15) is 40.9 Å². The zero-order chi connectivity index (χ0) is 26.0. The number of hydrogen-bond donors (Lipinski definition) is 1. The second-order valence-corrected chi connectivity index (χ2v) is 8.10. The first-order chi connectivity index (χ1) is 16.4. The van der Waals surface area contributed by atoms with Crippen molar-refractivity contribution in [3.63, 3.8) is 0 Å². The van der Waals surface area contributed by atoms with Gasteiger partial charge in [0.1, 0.15) is 17.9 Å². The summed E-state index contributed by atoms with van der Waals surface area (Å²) in [6.45, 7) is -1.68. The van der Waals surface area contributed by atoms with Crippen LogP contribution in [-0.2, 0) is 15.3 Å². The molecule has 3 rings (SSSR count). The van der Waals surface area contributed by atoms with Crippen molar-refractivity contribution in [2.24, 2.45) is 5.16 Å². The highest BCUT2D eigenvalue weighted by Crippen LogP contribution is 2.55. The molecule has 0 aromatic heterocycles. The van der Waals surface area contributed by atoms with Gasteiger partial charge in [0, 0.05) is 16.5 Å². The minimum absolute atomic E-state index is 0.0205. The highest BCUT2D eigenvalue weighted by atomic mass is 35.5. The number of oxime groups is 1. The molecule has 1 heterocycles. The number of carbonyl (C=O) groups is 1. The molecule has 0 amide bonds. The lowest BCUT2D eigenvalue weighted by molar-refractivity contribution is -0.310. The Balaban J connectivity index is 2.16. The topological polar surface area (TPSA) is 80.6 Å². The maximum absolute atomic E-state index is 14.5. The van der Waals surface area contributed by atoms with Crippen molar-refractivity contribution in [2.75, 3.05) is 6.61 Å². The Morgan fingerprint density at radius 3 is 2.49 bits per heavy atom. The van der Waals surface area contributed by atoms with Gasteiger partial charge in [0.05, 0.1) is 6.04 Å². The molecule has 0 saturated carbocycles. The van der Waals surface area contributed by atoms with E-state index < -0.39 is 53.7 Å². The molecule has 2 aromatic rings. The van der Waals surface area contributed by atoms with E-state index >= 15 is 0 Å². The van der Waals surface area contributed by atoms with E-state index in [2.05, 4.69) is 9.89 Å². The van der Waals surface area contributed by atoms with Crippen LogP contribution in [0.25, 0.3) is 0 Å². The molecule has 1 aliphatic rings. The molecular formula is C21H17Cl2F5N2O5. The standard InChI is InChI=1S/C21H17Cl2F5N2O5/c1-2-33-29-10-30-16(11-3-4-15(18(31)32)17(5-11)34-19(24)25)9-20(35-30,21(26,27)28)12-6-13(22)8-14(23)7-12/h3-8,10,16,19H,2,9H2,1H3,(H,31,32). The maximum atomic E-state index is 14.5. The summed E-state index contributed by atoms with van der Waals surface area (Å²) in [5, 5.41) is 13.4. The number of nitrogens with zero attached hydrogens (tertiary/aromatic N) is 2. The number of aromatic carboxylic acids is 1. The maximum Gasteiger partial charge on any atom is 0.424 e. The number of rotatable bonds is 8. The fourth-order valence-corrected chi connectivity index (χ4v) is 4.10. The van der Waals surface area contributed by atoms with Gasteiger partial charge in [0.2, 0.25) is 5.60 Å². The second kappa shape index (κ2) is 10.4. The van der Waals surface area contributed by atoms with Crippen molar-refractivity contribution in [3.05, 3.63) is 63.1 Å². The van der Waals surface area contributed by atoms with Crippen LogP contribution >= 0.6 is 23.2 Å². The van der Waals surface area contributed by atoms with E-state index in [1.54, 1.807) is 6.92 Å². The summed E-state index contributed by atoms with van der Waals surface area (Å²) < 4.78 is 73.6. The van der Waals surface area contributed by atoms with Crippen molar-refractivity contribution in [2.45, 2.75) is 37.8 Å². The molecule has 2 unspecified atom stereocenters. The van der Waals surface area contributed by atoms with E-state index in [1.807, 2.05) is 0 Å². The normalized spacial score (nSPS) is 20.6. The number of ether oxygens (including phenoxy) is 1. The molecule has 14 heteroatoms. The van der Waals surface area contributed by atoms with E-state index in [4.69, 9.17) is 32.9 Å². The number of carboxylic acid groups (broad SMARTS) is 1. The second-order valence-electron chi connectivity index (χ2n) is 7.23. The van der Waals surface area contributed by atoms with Crippen molar-refractivity contribution < 1.29 is 46.3 Å². The van der Waals surface area contributed by atoms with Gasteiger partial charge >= 0.3 is 18.8 Å². The Morgan fingerprint density at radius 1 is 1.29 bits per heavy atom. The predicted molar refractivity (Wildman–Crippen MR) is 115 cm³/mol. The zero-order valence-electron chi connectivity index (χ0n) is 17.7. The predicted octanol–water partition coefficient (Wildman–Crippen LogP) is 6.41. The van der Waals surface area contributed by atoms with Crippen LogP contribution in [0.4, 0.5) is 22.0 Å². The van der Waals surface area contributed by atoms with Gasteiger partial charge in [-0.05, 0) is 48.4 Å². The zero-order valence-corrected chi connectivity index (χ0v) is 19.2. The molecule has 190 valence electrons. The number of carboxylic acids is 1. The van der Waals surface area contributed by atoms with Crippen LogP contribution in [0.15, 0.2) is 41.6 Å². The summed E-state index contributed by atoms with van der Waals surface area (Å²) in [6.07, 6.45) is -4.95. The molecule has 0 spiro atoms. The Morgan fingerprint density at radius 2 is 1.94 bits per heavy atom. The number of halogens is 7. The van der Waals surface area contributed by atoms with E-state index in [0.717, 1.165) is 41.7 Å². The minimum atomic E-state index is -5.00. The molecule has 35 heavy (non-hydrogen) atoms. The molecular weight excluding hydrogens is 526 g/mol. The van der Waals surface area contributed by atoms with E-state index in [9.17, 15) is 31.9 Å². The van der Waals surface area contributed by atoms with Crippen molar-refractivity contribution in [1.82, 2.24) is 5.06 Å². The van der Waals surface area contributed by atoms with Gasteiger partial charge in [0.25, 0.3) is 0 Å². The third kappa shape index (κ3) is 5.71. The summed E-state index contributed by atoms with van der Waals surface area (Å²) >= 11 is 11.9. The van der Waals surface area contributed by atoms with Crippen LogP contribution in [0, 0.1) is 0 Å². The highest BCUT2D eigenvalue weighted by Gasteiger charge is 2.64. The summed E-state index contributed by atoms with van der Waals surface area (Å²) in [6, 6.07) is 5.05. The van der Waals surface area contributed by atoms with Crippen LogP contribution in [0.3, 0.4) is 0 Å². The molecule has 2 atom stereocenters. The average molecular weight is 543 g/mol. The van der Waals surface area contributed by atoms with Gasteiger partial charge in [-0.2, -0.15) is 22.0 Å². The van der Waals surface area contributed by atoms with Gasteiger partial charge in [-0.1, -0.05) is 34.4 Å². The Kier molecular flexibility index (Phi) is 7.97. The molecule has 0 aliphatic carbocycles. The van der Waals surface area contributed by atoms with Gasteiger partial charge in [-0.25, -0.2) is 9.86 Å². The van der Waals surface area contributed by atoms with Crippen LogP contribution in [-0.4, -0.2) is 41.9 Å². The van der Waals surface area contributed by atoms with Crippen LogP contribution in [0.2, 0.25) is 10.0 Å². The number of hydroxylamine groups is 2. The van der Waals surface area contributed by atoms with Crippen molar-refractivity contribution in [3.8, 4) is 5.75 Å². The largest absolute Gasteiger partial charge is 0.478 e. The minimum Gasteiger partial charge on any atom is -0.478 e. The number of hydrogen-bond acceptors (Lipinski definition) is 5. The third-order valence-corrected chi connectivity index (χ3v) is 5.47. The van der Waals surface area contributed by atoms with Gasteiger partial charge in [0.15, 0.2) is 6.34 Å². The lowest BCUT2D eigenvalue weighted by Crippen LogP contribution is -2.43. The highest BCUT2D eigenvalue weighted by molar-refractivity contribution is 6.34. The van der Waals surface area contributed by atoms with Gasteiger partial charge < -0.3 is 14.7 Å². The molecule has 1 saturated heterocycles. The molecule has 1 fully saturated rings. The third-order valence-electron chi connectivity index (χ3n) is 5.04.